The van der Waals surface area contributed by atoms with Crippen LogP contribution in [0.1, 0.15) is 10.5 Å². The van der Waals surface area contributed by atoms with Crippen molar-refractivity contribution in [3.8, 4) is 11.5 Å². The van der Waals surface area contributed by atoms with Crippen LogP contribution < -0.4 is 15.6 Å². The summed E-state index contributed by atoms with van der Waals surface area (Å²) in [5.74, 6) is -0.722. The molecule has 1 fully saturated rings. The van der Waals surface area contributed by atoms with Gasteiger partial charge in [-0.2, -0.15) is 9.40 Å². The summed E-state index contributed by atoms with van der Waals surface area (Å²) in [5, 5.41) is 6.50. The molecule has 0 bridgehead atoms. The minimum atomic E-state index is -3.86. The highest BCUT2D eigenvalue weighted by Crippen LogP contribution is 2.33. The Kier molecular flexibility index (Phi) is 6.72. The molecule has 10 nitrogen and oxygen atoms in total. The largest absolute Gasteiger partial charge is 0.455 e. The number of anilines is 1. The summed E-state index contributed by atoms with van der Waals surface area (Å²) in [6.45, 7) is 0.986. The molecule has 2 aromatic carbocycles. The third-order valence-corrected chi connectivity index (χ3v) is 6.94. The Balaban J connectivity index is 1.70. The molecule has 0 spiro atoms. The van der Waals surface area contributed by atoms with E-state index in [1.807, 2.05) is 0 Å². The molecule has 4 rings (SSSR count). The van der Waals surface area contributed by atoms with E-state index >= 15 is 0 Å². The zero-order valence-corrected chi connectivity index (χ0v) is 18.9. The van der Waals surface area contributed by atoms with E-state index < -0.39 is 27.3 Å². The first-order valence-electron chi connectivity index (χ1n) is 10.2. The van der Waals surface area contributed by atoms with Gasteiger partial charge in [-0.1, -0.05) is 0 Å². The number of carbonyl (C=O) groups excluding carboxylic acids is 1. The molecule has 1 aliphatic rings. The number of amides is 1. The van der Waals surface area contributed by atoms with Crippen LogP contribution in [-0.2, 0) is 21.8 Å². The molecule has 2 heterocycles. The summed E-state index contributed by atoms with van der Waals surface area (Å²) >= 11 is 0. The van der Waals surface area contributed by atoms with Crippen LogP contribution in [0.15, 0.2) is 64.3 Å². The van der Waals surface area contributed by atoms with Gasteiger partial charge in [0.2, 0.25) is 10.0 Å². The maximum atomic E-state index is 13.3. The summed E-state index contributed by atoms with van der Waals surface area (Å²) in [6, 6.07) is 11.7. The predicted octanol–water partition coefficient (Wildman–Crippen LogP) is 1.98. The minimum absolute atomic E-state index is 0.0513. The molecule has 1 aromatic heterocycles. The lowest BCUT2D eigenvalue weighted by Crippen LogP contribution is -2.40. The Labute approximate surface area is 194 Å². The fraction of sp³-hybridized carbons (Fsp3) is 0.227. The van der Waals surface area contributed by atoms with Crippen LogP contribution in [0.4, 0.5) is 10.1 Å². The van der Waals surface area contributed by atoms with Crippen LogP contribution >= 0.6 is 0 Å². The maximum absolute atomic E-state index is 13.3. The van der Waals surface area contributed by atoms with E-state index in [1.165, 1.54) is 66.0 Å². The summed E-state index contributed by atoms with van der Waals surface area (Å²) in [4.78, 5) is 24.3. The lowest BCUT2D eigenvalue weighted by molar-refractivity contribution is 0.0730. The number of carbonyl (C=O) groups is 1. The normalized spacial score (nSPS) is 14.5. The quantitative estimate of drug-likeness (QED) is 0.563. The van der Waals surface area contributed by atoms with Crippen molar-refractivity contribution in [2.24, 2.45) is 7.05 Å². The zero-order valence-electron chi connectivity index (χ0n) is 18.1. The monoisotopic (exact) mass is 488 g/mol. The fourth-order valence-corrected chi connectivity index (χ4v) is 4.67. The Hall–Kier alpha value is -3.61. The number of benzene rings is 2. The molecule has 0 saturated carbocycles. The maximum Gasteiger partial charge on any atom is 0.276 e. The average Bonchev–Trinajstić information content (AvgIpc) is 2.83. The highest BCUT2D eigenvalue weighted by atomic mass is 32.2. The Morgan fingerprint density at radius 1 is 1.09 bits per heavy atom. The van der Waals surface area contributed by atoms with Gasteiger partial charge in [0.25, 0.3) is 11.5 Å². The standard InChI is InChI=1S/C22H21FN4O6S/c1-26-21(28)9-7-18(25-26)22(29)24-19-14-17(34(30,31)27-10-12-32-13-11-27)6-8-20(19)33-16-4-2-15(23)3-5-16/h2-9,14H,10-13H2,1H3,(H,24,29). The first kappa shape index (κ1) is 23.5. The van der Waals surface area contributed by atoms with Gasteiger partial charge in [-0.05, 0) is 48.5 Å². The molecular weight excluding hydrogens is 467 g/mol. The summed E-state index contributed by atoms with van der Waals surface area (Å²) in [6.07, 6.45) is 0. The van der Waals surface area contributed by atoms with E-state index in [0.29, 0.717) is 0 Å². The molecule has 1 saturated heterocycles. The van der Waals surface area contributed by atoms with Gasteiger partial charge in [0, 0.05) is 26.2 Å². The molecule has 0 radical (unpaired) electrons. The molecule has 1 aliphatic heterocycles. The van der Waals surface area contributed by atoms with Crippen molar-refractivity contribution >= 4 is 21.6 Å². The number of rotatable bonds is 6. The van der Waals surface area contributed by atoms with E-state index in [0.717, 1.165) is 4.68 Å². The third kappa shape index (κ3) is 5.14. The lowest BCUT2D eigenvalue weighted by atomic mass is 10.2. The molecule has 34 heavy (non-hydrogen) atoms. The van der Waals surface area contributed by atoms with Crippen LogP contribution in [-0.4, -0.2) is 54.7 Å². The smallest absolute Gasteiger partial charge is 0.276 e. The van der Waals surface area contributed by atoms with Crippen LogP contribution in [0, 0.1) is 5.82 Å². The molecule has 0 atom stereocenters. The summed E-state index contributed by atoms with van der Waals surface area (Å²) < 4.78 is 52.8. The number of hydrogen-bond donors (Lipinski definition) is 1. The van der Waals surface area contributed by atoms with Crippen molar-refractivity contribution in [2.45, 2.75) is 4.90 Å². The van der Waals surface area contributed by atoms with Crippen molar-refractivity contribution in [3.05, 3.63) is 76.5 Å². The molecular formula is C22H21FN4O6S. The third-order valence-electron chi connectivity index (χ3n) is 5.04. The average molecular weight is 488 g/mol. The van der Waals surface area contributed by atoms with E-state index in [1.54, 1.807) is 0 Å². The Morgan fingerprint density at radius 3 is 2.47 bits per heavy atom. The van der Waals surface area contributed by atoms with E-state index in [9.17, 15) is 22.4 Å². The van der Waals surface area contributed by atoms with Crippen molar-refractivity contribution in [1.29, 1.82) is 0 Å². The van der Waals surface area contributed by atoms with Gasteiger partial charge in [0.05, 0.1) is 23.8 Å². The Bertz CT molecular complexity index is 1370. The van der Waals surface area contributed by atoms with Crippen LogP contribution in [0.3, 0.4) is 0 Å². The van der Waals surface area contributed by atoms with Crippen molar-refractivity contribution in [3.63, 3.8) is 0 Å². The highest BCUT2D eigenvalue weighted by molar-refractivity contribution is 7.89. The fourth-order valence-electron chi connectivity index (χ4n) is 3.23. The molecule has 0 unspecified atom stereocenters. The number of morpholine rings is 1. The van der Waals surface area contributed by atoms with E-state index in [2.05, 4.69) is 10.4 Å². The molecule has 12 heteroatoms. The lowest BCUT2D eigenvalue weighted by Gasteiger charge is -2.26. The van der Waals surface area contributed by atoms with Crippen LogP contribution in [0.5, 0.6) is 11.5 Å². The molecule has 1 N–H and O–H groups in total. The molecule has 178 valence electrons. The Morgan fingerprint density at radius 2 is 1.79 bits per heavy atom. The van der Waals surface area contributed by atoms with Gasteiger partial charge >= 0.3 is 0 Å². The van der Waals surface area contributed by atoms with Gasteiger partial charge in [0.15, 0.2) is 5.75 Å². The van der Waals surface area contributed by atoms with Gasteiger partial charge < -0.3 is 14.8 Å². The van der Waals surface area contributed by atoms with Gasteiger partial charge in [-0.3, -0.25) is 9.59 Å². The topological polar surface area (TPSA) is 120 Å². The van der Waals surface area contributed by atoms with Gasteiger partial charge in [0.1, 0.15) is 17.3 Å². The minimum Gasteiger partial charge on any atom is -0.455 e. The van der Waals surface area contributed by atoms with E-state index in [4.69, 9.17) is 9.47 Å². The predicted molar refractivity (Wildman–Crippen MR) is 120 cm³/mol. The molecule has 1 amide bonds. The first-order chi connectivity index (χ1) is 16.2. The summed E-state index contributed by atoms with van der Waals surface area (Å²) in [5.41, 5.74) is -0.397. The molecule has 3 aromatic rings. The van der Waals surface area contributed by atoms with Crippen molar-refractivity contribution in [2.75, 3.05) is 31.6 Å². The molecule has 0 aliphatic carbocycles. The first-order valence-corrected chi connectivity index (χ1v) is 11.7. The van der Waals surface area contributed by atoms with Crippen LogP contribution in [0.25, 0.3) is 0 Å². The number of nitrogens with zero attached hydrogens (tertiary/aromatic N) is 3. The number of halogens is 1. The number of sulfonamides is 1. The number of aryl methyl sites for hydroxylation is 1. The zero-order chi connectivity index (χ0) is 24.3. The second-order valence-electron chi connectivity index (χ2n) is 7.36. The summed E-state index contributed by atoms with van der Waals surface area (Å²) in [7, 11) is -2.46. The van der Waals surface area contributed by atoms with Crippen molar-refractivity contribution in [1.82, 2.24) is 14.1 Å². The van der Waals surface area contributed by atoms with Gasteiger partial charge in [-0.25, -0.2) is 17.5 Å². The number of hydrogen-bond acceptors (Lipinski definition) is 7. The number of aromatic nitrogens is 2. The van der Waals surface area contributed by atoms with Crippen LogP contribution in [0.2, 0.25) is 0 Å². The second-order valence-corrected chi connectivity index (χ2v) is 9.30. The number of nitrogens with one attached hydrogen (secondary N) is 1. The highest BCUT2D eigenvalue weighted by Gasteiger charge is 2.27. The second kappa shape index (κ2) is 9.71. The van der Waals surface area contributed by atoms with E-state index in [-0.39, 0.29) is 54.1 Å². The SMILES string of the molecule is Cn1nc(C(=O)Nc2cc(S(=O)(=O)N3CCOCC3)ccc2Oc2ccc(F)cc2)ccc1=O. The van der Waals surface area contributed by atoms with Crippen molar-refractivity contribution < 1.29 is 27.1 Å². The van der Waals surface area contributed by atoms with Gasteiger partial charge in [-0.15, -0.1) is 0 Å². The number of ether oxygens (including phenoxy) is 2.